The van der Waals surface area contributed by atoms with Crippen molar-refractivity contribution < 1.29 is 23.5 Å². The second kappa shape index (κ2) is 9.64. The van der Waals surface area contributed by atoms with Gasteiger partial charge in [-0.2, -0.15) is 0 Å². The van der Waals surface area contributed by atoms with Crippen LogP contribution in [-0.2, 0) is 35.3 Å². The maximum atomic E-state index is 12.9. The summed E-state index contributed by atoms with van der Waals surface area (Å²) in [6.07, 6.45) is 4.47. The predicted molar refractivity (Wildman–Crippen MR) is 136 cm³/mol. The highest BCUT2D eigenvalue weighted by Gasteiger charge is 2.24. The summed E-state index contributed by atoms with van der Waals surface area (Å²) in [5.74, 6) is -0.501. The number of hydrogen-bond acceptors (Lipinski definition) is 5. The van der Waals surface area contributed by atoms with Crippen molar-refractivity contribution >= 4 is 33.8 Å². The van der Waals surface area contributed by atoms with Crippen molar-refractivity contribution in [2.75, 3.05) is 0 Å². The van der Waals surface area contributed by atoms with Crippen molar-refractivity contribution in [3.8, 4) is 0 Å². The van der Waals surface area contributed by atoms with Gasteiger partial charge in [0.25, 0.3) is 0 Å². The van der Waals surface area contributed by atoms with Crippen LogP contribution in [0.4, 0.5) is 0 Å². The highest BCUT2D eigenvalue weighted by molar-refractivity contribution is 6.00. The van der Waals surface area contributed by atoms with Crippen LogP contribution in [0.3, 0.4) is 0 Å². The van der Waals surface area contributed by atoms with Crippen molar-refractivity contribution in [3.63, 3.8) is 0 Å². The van der Waals surface area contributed by atoms with Crippen LogP contribution in [0.15, 0.2) is 50.0 Å². The number of aryl methyl sites for hydroxylation is 4. The number of carboxylic acids is 1. The monoisotopic (exact) mass is 487 g/mol. The number of furan rings is 1. The molecule has 0 unspecified atom stereocenters. The van der Waals surface area contributed by atoms with E-state index in [-0.39, 0.29) is 19.3 Å². The van der Waals surface area contributed by atoms with Crippen molar-refractivity contribution in [1.29, 1.82) is 0 Å². The molecule has 1 amide bonds. The van der Waals surface area contributed by atoms with Crippen molar-refractivity contribution in [2.24, 2.45) is 0 Å². The number of amides is 1. The summed E-state index contributed by atoms with van der Waals surface area (Å²) in [6, 6.07) is 10.1. The molecule has 2 N–H and O–H groups in total. The fourth-order valence-corrected chi connectivity index (χ4v) is 5.26. The first-order valence-electron chi connectivity index (χ1n) is 12.4. The van der Waals surface area contributed by atoms with E-state index in [0.717, 1.165) is 64.5 Å². The molecule has 5 rings (SSSR count). The van der Waals surface area contributed by atoms with Crippen molar-refractivity contribution in [1.82, 2.24) is 5.32 Å². The normalized spacial score (nSPS) is 14.1. The molecule has 0 saturated carbocycles. The zero-order chi connectivity index (χ0) is 25.4. The van der Waals surface area contributed by atoms with E-state index in [2.05, 4.69) is 5.32 Å². The van der Waals surface area contributed by atoms with Crippen LogP contribution in [0, 0.1) is 13.8 Å². The van der Waals surface area contributed by atoms with Gasteiger partial charge in [0.2, 0.25) is 5.91 Å². The van der Waals surface area contributed by atoms with E-state index < -0.39 is 23.5 Å². The van der Waals surface area contributed by atoms with Gasteiger partial charge in [0, 0.05) is 46.7 Å². The number of rotatable bonds is 7. The average Bonchev–Trinajstić information content (AvgIpc) is 3.24. The fourth-order valence-electron chi connectivity index (χ4n) is 5.26. The molecule has 2 aromatic carbocycles. The van der Waals surface area contributed by atoms with Crippen molar-refractivity contribution in [2.45, 2.75) is 64.8 Å². The highest BCUT2D eigenvalue weighted by atomic mass is 16.4. The molecule has 4 aromatic rings. The summed E-state index contributed by atoms with van der Waals surface area (Å²) in [5.41, 5.74) is 4.90. The molecule has 1 aliphatic carbocycles. The molecular weight excluding hydrogens is 458 g/mol. The van der Waals surface area contributed by atoms with Gasteiger partial charge >= 0.3 is 11.6 Å². The lowest BCUT2D eigenvalue weighted by Crippen LogP contribution is -2.42. The second-order valence-electron chi connectivity index (χ2n) is 9.61. The van der Waals surface area contributed by atoms with E-state index in [0.29, 0.717) is 11.1 Å². The van der Waals surface area contributed by atoms with Crippen molar-refractivity contribution in [3.05, 3.63) is 80.4 Å². The smallest absolute Gasteiger partial charge is 0.339 e. The van der Waals surface area contributed by atoms with Crippen LogP contribution in [0.5, 0.6) is 0 Å². The van der Waals surface area contributed by atoms with Crippen LogP contribution < -0.4 is 10.9 Å². The molecule has 1 aliphatic rings. The standard InChI is InChI=1S/C29H29NO6/c1-16-19(12-13-25(31)30-23(28(32)33)14-18-8-4-3-5-9-18)29(34)36-26-17(2)27-22(15-21(16)26)20-10-6-7-11-24(20)35-27/h3-5,8-9,15,23H,6-7,10-14H2,1-2H3,(H,30,31)(H,32,33)/t23-/m0/s1. The quantitative estimate of drug-likeness (QED) is 0.363. The zero-order valence-corrected chi connectivity index (χ0v) is 20.5. The number of hydrogen-bond donors (Lipinski definition) is 2. The minimum atomic E-state index is -1.10. The molecule has 186 valence electrons. The Labute approximate surface area is 208 Å². The summed E-state index contributed by atoms with van der Waals surface area (Å²) in [7, 11) is 0. The summed E-state index contributed by atoms with van der Waals surface area (Å²) in [4.78, 5) is 37.2. The second-order valence-corrected chi connectivity index (χ2v) is 9.61. The molecule has 0 aliphatic heterocycles. The van der Waals surface area contributed by atoms with Gasteiger partial charge in [0.1, 0.15) is 23.0 Å². The number of benzene rings is 2. The van der Waals surface area contributed by atoms with E-state index in [1.807, 2.05) is 50.2 Å². The van der Waals surface area contributed by atoms with Gasteiger partial charge in [0.15, 0.2) is 0 Å². The lowest BCUT2D eigenvalue weighted by Gasteiger charge is -2.15. The molecule has 1 atom stereocenters. The first-order chi connectivity index (χ1) is 17.3. The van der Waals surface area contributed by atoms with Crippen LogP contribution in [0.2, 0.25) is 0 Å². The number of aliphatic carboxylic acids is 1. The first-order valence-corrected chi connectivity index (χ1v) is 12.4. The van der Waals surface area contributed by atoms with E-state index in [9.17, 15) is 19.5 Å². The third kappa shape index (κ3) is 4.41. The van der Waals surface area contributed by atoms with Crippen LogP contribution in [-0.4, -0.2) is 23.0 Å². The first kappa shape index (κ1) is 23.9. The lowest BCUT2D eigenvalue weighted by molar-refractivity contribution is -0.141. The average molecular weight is 488 g/mol. The molecule has 0 bridgehead atoms. The minimum absolute atomic E-state index is 0.0159. The lowest BCUT2D eigenvalue weighted by atomic mass is 9.93. The minimum Gasteiger partial charge on any atom is -0.480 e. The molecule has 0 saturated heterocycles. The van der Waals surface area contributed by atoms with Crippen LogP contribution in [0.1, 0.15) is 52.8 Å². The van der Waals surface area contributed by atoms with Gasteiger partial charge in [-0.3, -0.25) is 4.79 Å². The number of fused-ring (bicyclic) bond motifs is 4. The van der Waals surface area contributed by atoms with E-state index in [4.69, 9.17) is 8.83 Å². The number of nitrogens with one attached hydrogen (secondary N) is 1. The fraction of sp³-hybridized carbons (Fsp3) is 0.345. The van der Waals surface area contributed by atoms with Gasteiger partial charge < -0.3 is 19.3 Å². The molecule has 0 fully saturated rings. The Kier molecular flexibility index (Phi) is 6.39. The molecule has 0 radical (unpaired) electrons. The Morgan fingerprint density at radius 1 is 1.00 bits per heavy atom. The van der Waals surface area contributed by atoms with Gasteiger partial charge in [-0.25, -0.2) is 9.59 Å². The Hall–Kier alpha value is -3.87. The van der Waals surface area contributed by atoms with Gasteiger partial charge in [-0.1, -0.05) is 30.3 Å². The molecule has 0 spiro atoms. The highest BCUT2D eigenvalue weighted by Crippen LogP contribution is 2.38. The Morgan fingerprint density at radius 2 is 1.72 bits per heavy atom. The topological polar surface area (TPSA) is 110 Å². The predicted octanol–water partition coefficient (Wildman–Crippen LogP) is 4.78. The van der Waals surface area contributed by atoms with Gasteiger partial charge in [-0.05, 0) is 56.7 Å². The summed E-state index contributed by atoms with van der Waals surface area (Å²) in [6.45, 7) is 3.79. The SMILES string of the molecule is Cc1c(CCC(=O)N[C@@H](Cc2ccccc2)C(=O)O)c(=O)oc2c(C)c3oc4c(c3cc12)CCCC4. The van der Waals surface area contributed by atoms with E-state index >= 15 is 0 Å². The Bertz CT molecular complexity index is 1530. The largest absolute Gasteiger partial charge is 0.480 e. The maximum Gasteiger partial charge on any atom is 0.339 e. The van der Waals surface area contributed by atoms with E-state index in [1.54, 1.807) is 0 Å². The molecule has 7 nitrogen and oxygen atoms in total. The summed E-state index contributed by atoms with van der Waals surface area (Å²) >= 11 is 0. The summed E-state index contributed by atoms with van der Waals surface area (Å²) in [5, 5.41) is 14.1. The van der Waals surface area contributed by atoms with Crippen LogP contribution >= 0.6 is 0 Å². The molecule has 36 heavy (non-hydrogen) atoms. The summed E-state index contributed by atoms with van der Waals surface area (Å²) < 4.78 is 11.9. The van der Waals surface area contributed by atoms with Gasteiger partial charge in [0.05, 0.1) is 0 Å². The van der Waals surface area contributed by atoms with E-state index in [1.165, 1.54) is 5.56 Å². The third-order valence-corrected chi connectivity index (χ3v) is 7.24. The number of carbonyl (C=O) groups is 2. The van der Waals surface area contributed by atoms with Crippen LogP contribution in [0.25, 0.3) is 21.9 Å². The maximum absolute atomic E-state index is 12.9. The number of carbonyl (C=O) groups excluding carboxylic acids is 1. The molecular formula is C29H29NO6. The zero-order valence-electron chi connectivity index (χ0n) is 20.5. The Balaban J connectivity index is 1.39. The number of carboxylic acid groups (broad SMARTS) is 1. The van der Waals surface area contributed by atoms with Gasteiger partial charge in [-0.15, -0.1) is 0 Å². The molecule has 7 heteroatoms. The third-order valence-electron chi connectivity index (χ3n) is 7.24. The Morgan fingerprint density at radius 3 is 2.47 bits per heavy atom. The molecule has 2 aromatic heterocycles. The molecule has 2 heterocycles.